The fourth-order valence-corrected chi connectivity index (χ4v) is 0. The van der Waals surface area contributed by atoms with Gasteiger partial charge in [-0.05, 0) is 6.08 Å². The van der Waals surface area contributed by atoms with Gasteiger partial charge in [0.15, 0.2) is 0 Å². The first-order chi connectivity index (χ1) is 2.91. The number of rotatable bonds is 1. The summed E-state index contributed by atoms with van der Waals surface area (Å²) in [6, 6.07) is 0. The van der Waals surface area contributed by atoms with Gasteiger partial charge in [0, 0.05) is 0 Å². The van der Waals surface area contributed by atoms with Gasteiger partial charge < -0.3 is 4.79 Å². The highest BCUT2D eigenvalue weighted by atomic mass is 16.1. The summed E-state index contributed by atoms with van der Waals surface area (Å²) in [5.41, 5.74) is 0. The van der Waals surface area contributed by atoms with Crippen LogP contribution in [-0.2, 0) is 9.59 Å². The highest BCUT2D eigenvalue weighted by Crippen LogP contribution is 1.35. The molecule has 0 N–H and O–H groups in total. The SMILES string of the molecule is C=CC=O.C=O. The van der Waals surface area contributed by atoms with E-state index in [1.165, 1.54) is 6.08 Å². The molecule has 0 atom stereocenters. The Morgan fingerprint density at radius 1 is 1.33 bits per heavy atom. The Hall–Kier alpha value is -0.920. The molecule has 0 aromatic carbocycles. The van der Waals surface area contributed by atoms with Crippen molar-refractivity contribution in [2.24, 2.45) is 0 Å². The Morgan fingerprint density at radius 2 is 1.50 bits per heavy atom. The van der Waals surface area contributed by atoms with Crippen LogP contribution in [0.4, 0.5) is 0 Å². The largest absolute Gasteiger partial charge is 0.307 e. The zero-order valence-corrected chi connectivity index (χ0v) is 3.39. The minimum Gasteiger partial charge on any atom is -0.307 e. The summed E-state index contributed by atoms with van der Waals surface area (Å²) in [7, 11) is 0. The van der Waals surface area contributed by atoms with Gasteiger partial charge in [0.2, 0.25) is 0 Å². The monoisotopic (exact) mass is 86.0 g/mol. The van der Waals surface area contributed by atoms with E-state index >= 15 is 0 Å². The van der Waals surface area contributed by atoms with Crippen molar-refractivity contribution in [1.29, 1.82) is 0 Å². The molecule has 2 nitrogen and oxygen atoms in total. The van der Waals surface area contributed by atoms with Gasteiger partial charge >= 0.3 is 0 Å². The molecule has 0 aromatic heterocycles. The lowest BCUT2D eigenvalue weighted by molar-refractivity contribution is -0.104. The van der Waals surface area contributed by atoms with E-state index in [9.17, 15) is 0 Å². The van der Waals surface area contributed by atoms with E-state index in [1.807, 2.05) is 6.79 Å². The molecule has 0 aliphatic rings. The highest BCUT2D eigenvalue weighted by molar-refractivity contribution is 5.63. The molecule has 2 heteroatoms. The lowest BCUT2D eigenvalue weighted by Crippen LogP contribution is -1.44. The summed E-state index contributed by atoms with van der Waals surface area (Å²) in [5, 5.41) is 0. The quantitative estimate of drug-likeness (QED) is 0.337. The zero-order valence-electron chi connectivity index (χ0n) is 3.39. The summed E-state index contributed by atoms with van der Waals surface area (Å²) in [5.74, 6) is 0. The van der Waals surface area contributed by atoms with Gasteiger partial charge in [0.25, 0.3) is 0 Å². The Morgan fingerprint density at radius 3 is 1.50 bits per heavy atom. The maximum Gasteiger partial charge on any atom is 0.142 e. The van der Waals surface area contributed by atoms with Gasteiger partial charge in [0.05, 0.1) is 0 Å². The molecule has 0 rings (SSSR count). The summed E-state index contributed by atoms with van der Waals surface area (Å²) >= 11 is 0. The second-order valence-corrected chi connectivity index (χ2v) is 0.372. The molecule has 0 aliphatic heterocycles. The van der Waals surface area contributed by atoms with Gasteiger partial charge in [-0.1, -0.05) is 6.58 Å². The second kappa shape index (κ2) is 33.2. The number of allylic oxidation sites excluding steroid dienone is 1. The molecule has 0 amide bonds. The smallest absolute Gasteiger partial charge is 0.142 e. The van der Waals surface area contributed by atoms with E-state index in [0.29, 0.717) is 6.29 Å². The molecule has 0 unspecified atom stereocenters. The number of hydrogen-bond acceptors (Lipinski definition) is 2. The third-order valence-corrected chi connectivity index (χ3v) is 0.0962. The highest BCUT2D eigenvalue weighted by Gasteiger charge is 1.38. The van der Waals surface area contributed by atoms with Crippen molar-refractivity contribution < 1.29 is 9.59 Å². The first kappa shape index (κ1) is 8.91. The lowest BCUT2D eigenvalue weighted by Gasteiger charge is -1.37. The van der Waals surface area contributed by atoms with E-state index in [4.69, 9.17) is 9.59 Å². The maximum atomic E-state index is 9.06. The van der Waals surface area contributed by atoms with Crippen LogP contribution >= 0.6 is 0 Å². The van der Waals surface area contributed by atoms with Crippen LogP contribution in [0.3, 0.4) is 0 Å². The predicted octanol–water partition coefficient (Wildman–Crippen LogP) is 0.186. The lowest BCUT2D eigenvalue weighted by atomic mass is 10.8. The molecule has 0 aromatic rings. The molecular formula is C4H6O2. The number of aldehydes is 1. The van der Waals surface area contributed by atoms with Crippen LogP contribution in [0.1, 0.15) is 0 Å². The predicted molar refractivity (Wildman–Crippen MR) is 23.4 cm³/mol. The Balaban J connectivity index is 0. The van der Waals surface area contributed by atoms with Crippen LogP contribution in [0.25, 0.3) is 0 Å². The number of carbonyl (C=O) groups excluding carboxylic acids is 2. The Bertz CT molecular complexity index is 34.8. The molecule has 0 bridgehead atoms. The summed E-state index contributed by atoms with van der Waals surface area (Å²) < 4.78 is 0. The minimum absolute atomic E-state index is 0.639. The van der Waals surface area contributed by atoms with Gasteiger partial charge in [0.1, 0.15) is 13.1 Å². The molecule has 0 fully saturated rings. The van der Waals surface area contributed by atoms with Crippen LogP contribution in [0.2, 0.25) is 0 Å². The van der Waals surface area contributed by atoms with E-state index in [-0.39, 0.29) is 0 Å². The zero-order chi connectivity index (χ0) is 5.41. The standard InChI is InChI=1S/C3H4O.CH2O/c1-2-3-4;1-2/h2-3H,1H2;1H2. The van der Waals surface area contributed by atoms with Gasteiger partial charge in [-0.15, -0.1) is 0 Å². The number of hydrogen-bond donors (Lipinski definition) is 0. The third-order valence-electron chi connectivity index (χ3n) is 0.0962. The molecule has 0 aliphatic carbocycles. The fourth-order valence-electron chi connectivity index (χ4n) is 0. The van der Waals surface area contributed by atoms with Crippen LogP contribution in [0, 0.1) is 0 Å². The Kier molecular flexibility index (Phi) is 49.3. The normalized spacial score (nSPS) is 4.00. The van der Waals surface area contributed by atoms with Crippen molar-refractivity contribution in [3.8, 4) is 0 Å². The summed E-state index contributed by atoms with van der Waals surface area (Å²) in [4.78, 5) is 17.1. The summed E-state index contributed by atoms with van der Waals surface area (Å²) in [6.07, 6.45) is 1.83. The van der Waals surface area contributed by atoms with Crippen LogP contribution in [0.5, 0.6) is 0 Å². The van der Waals surface area contributed by atoms with Crippen molar-refractivity contribution in [3.63, 3.8) is 0 Å². The van der Waals surface area contributed by atoms with Crippen LogP contribution in [0.15, 0.2) is 12.7 Å². The molecule has 0 radical (unpaired) electrons. The topological polar surface area (TPSA) is 34.1 Å². The minimum atomic E-state index is 0.639. The second-order valence-electron chi connectivity index (χ2n) is 0.372. The van der Waals surface area contributed by atoms with E-state index in [1.54, 1.807) is 0 Å². The van der Waals surface area contributed by atoms with Gasteiger partial charge in [-0.2, -0.15) is 0 Å². The molecule has 34 valence electrons. The van der Waals surface area contributed by atoms with Gasteiger partial charge in [-0.3, -0.25) is 4.79 Å². The molecule has 0 saturated heterocycles. The van der Waals surface area contributed by atoms with Crippen molar-refractivity contribution in [2.75, 3.05) is 0 Å². The summed E-state index contributed by atoms with van der Waals surface area (Å²) in [6.45, 7) is 5.11. The van der Waals surface area contributed by atoms with Crippen molar-refractivity contribution in [2.45, 2.75) is 0 Å². The fraction of sp³-hybridized carbons (Fsp3) is 0. The first-order valence-electron chi connectivity index (χ1n) is 1.27. The van der Waals surface area contributed by atoms with Crippen molar-refractivity contribution >= 4 is 13.1 Å². The first-order valence-corrected chi connectivity index (χ1v) is 1.27. The van der Waals surface area contributed by atoms with Crippen LogP contribution < -0.4 is 0 Å². The van der Waals surface area contributed by atoms with Crippen molar-refractivity contribution in [1.82, 2.24) is 0 Å². The molecule has 6 heavy (non-hydrogen) atoms. The average Bonchev–Trinajstić information content (AvgIpc) is 1.72. The average molecular weight is 86.1 g/mol. The van der Waals surface area contributed by atoms with E-state index in [0.717, 1.165) is 0 Å². The molecular weight excluding hydrogens is 80.0 g/mol. The third kappa shape index (κ3) is 2080. The van der Waals surface area contributed by atoms with Gasteiger partial charge in [-0.25, -0.2) is 0 Å². The molecule has 0 saturated carbocycles. The van der Waals surface area contributed by atoms with E-state index in [2.05, 4.69) is 6.58 Å². The maximum absolute atomic E-state index is 9.06. The Labute approximate surface area is 36.5 Å². The van der Waals surface area contributed by atoms with Crippen LogP contribution in [-0.4, -0.2) is 13.1 Å². The molecule has 0 spiro atoms. The number of carbonyl (C=O) groups is 2. The molecule has 0 heterocycles. The van der Waals surface area contributed by atoms with Crippen molar-refractivity contribution in [3.05, 3.63) is 12.7 Å². The van der Waals surface area contributed by atoms with E-state index < -0.39 is 0 Å².